The second-order valence-electron chi connectivity index (χ2n) is 16.7. The molecule has 316 valence electrons. The van der Waals surface area contributed by atoms with Gasteiger partial charge in [0.15, 0.2) is 0 Å². The fourth-order valence-corrected chi connectivity index (χ4v) is 9.33. The molecule has 3 aromatic carbocycles. The van der Waals surface area contributed by atoms with Crippen molar-refractivity contribution in [1.29, 1.82) is 0 Å². The molecule has 0 radical (unpaired) electrons. The maximum absolute atomic E-state index is 16.3. The lowest BCUT2D eigenvalue weighted by Crippen LogP contribution is -2.51. The Hall–Kier alpha value is -6.09. The number of nitrogens with one attached hydrogen (secondary N) is 1. The topological polar surface area (TPSA) is 179 Å². The average Bonchev–Trinajstić information content (AvgIpc) is 3.66. The van der Waals surface area contributed by atoms with Gasteiger partial charge in [0, 0.05) is 123 Å². The number of urea groups is 1. The van der Waals surface area contributed by atoms with E-state index < -0.39 is 17.9 Å². The van der Waals surface area contributed by atoms with Crippen LogP contribution in [0.1, 0.15) is 72.0 Å². The van der Waals surface area contributed by atoms with Crippen molar-refractivity contribution in [3.8, 4) is 5.75 Å². The lowest BCUT2D eigenvalue weighted by atomic mass is 9.88. The van der Waals surface area contributed by atoms with Gasteiger partial charge in [-0.2, -0.15) is 0 Å². The molecule has 13 nitrogen and oxygen atoms in total. The number of phenolic OH excluding ortho intramolecular Hbond substituents is 1. The first kappa shape index (κ1) is 40.7. The van der Waals surface area contributed by atoms with Gasteiger partial charge in [-0.3, -0.25) is 19.8 Å². The Labute approximate surface area is 348 Å². The number of likely N-dealkylation sites (tertiary alicyclic amines) is 3. The number of hydrogen-bond donors (Lipinski definition) is 5. The lowest BCUT2D eigenvalue weighted by Gasteiger charge is -2.41. The Balaban J connectivity index is 0.827. The number of carbonyl (C=O) groups excluding carboxylic acids is 3. The van der Waals surface area contributed by atoms with Crippen LogP contribution in [0.4, 0.5) is 19.3 Å². The van der Waals surface area contributed by atoms with E-state index in [9.17, 15) is 19.5 Å². The Bertz CT molecular complexity index is 2310. The molecule has 4 amide bonds. The van der Waals surface area contributed by atoms with Crippen LogP contribution in [0.2, 0.25) is 0 Å². The number of aromatic nitrogens is 1. The minimum absolute atomic E-state index is 0.00511. The van der Waals surface area contributed by atoms with Crippen LogP contribution in [0, 0.1) is 0 Å². The summed E-state index contributed by atoms with van der Waals surface area (Å²) in [7, 11) is 0. The number of anilines is 1. The number of rotatable bonds is 9. The van der Waals surface area contributed by atoms with Crippen molar-refractivity contribution in [2.24, 2.45) is 17.2 Å². The molecule has 15 heteroatoms. The summed E-state index contributed by atoms with van der Waals surface area (Å²) in [6.07, 6.45) is 5.34. The Kier molecular flexibility index (Phi) is 11.4. The molecular formula is C45H53F2N9O4. The largest absolute Gasteiger partial charge is 0.507 e. The minimum atomic E-state index is -1.38. The van der Waals surface area contributed by atoms with Gasteiger partial charge in [0.2, 0.25) is 5.91 Å². The molecule has 4 saturated heterocycles. The normalized spacial score (nSPS) is 21.9. The highest BCUT2D eigenvalue weighted by Gasteiger charge is 2.39. The molecule has 2 unspecified atom stereocenters. The molecule has 8 rings (SSSR count). The predicted octanol–water partition coefficient (Wildman–Crippen LogP) is 5.29. The summed E-state index contributed by atoms with van der Waals surface area (Å²) < 4.78 is 33.8. The number of phenols is 1. The molecule has 4 aliphatic heterocycles. The van der Waals surface area contributed by atoms with Crippen LogP contribution in [0.25, 0.3) is 16.6 Å². The van der Waals surface area contributed by atoms with Crippen molar-refractivity contribution in [2.45, 2.75) is 62.3 Å². The summed E-state index contributed by atoms with van der Waals surface area (Å²) in [6.45, 7) is 3.39. The summed E-state index contributed by atoms with van der Waals surface area (Å²) in [5, 5.41) is 13.7. The van der Waals surface area contributed by atoms with Crippen molar-refractivity contribution in [2.75, 3.05) is 57.3 Å². The van der Waals surface area contributed by atoms with Crippen LogP contribution >= 0.6 is 0 Å². The van der Waals surface area contributed by atoms with Gasteiger partial charge in [0.25, 0.3) is 5.91 Å². The quantitative estimate of drug-likeness (QED) is 0.140. The van der Waals surface area contributed by atoms with Gasteiger partial charge in [-0.25, -0.2) is 13.6 Å². The zero-order valence-electron chi connectivity index (χ0n) is 33.6. The Morgan fingerprint density at radius 1 is 0.900 bits per heavy atom. The molecule has 8 N–H and O–H groups in total. The fourth-order valence-electron chi connectivity index (χ4n) is 9.33. The van der Waals surface area contributed by atoms with E-state index in [1.807, 2.05) is 30.3 Å². The maximum Gasteiger partial charge on any atom is 0.328 e. The van der Waals surface area contributed by atoms with E-state index in [-0.39, 0.29) is 66.8 Å². The molecule has 0 aliphatic carbocycles. The summed E-state index contributed by atoms with van der Waals surface area (Å²) in [6, 6.07) is 21.7. The average molecular weight is 822 g/mol. The van der Waals surface area contributed by atoms with Crippen LogP contribution < -0.4 is 27.4 Å². The molecule has 0 spiro atoms. The third kappa shape index (κ3) is 8.62. The van der Waals surface area contributed by atoms with Crippen molar-refractivity contribution in [3.05, 3.63) is 113 Å². The number of hydrogen-bond acceptors (Lipinski definition) is 9. The van der Waals surface area contributed by atoms with E-state index in [1.165, 1.54) is 6.07 Å². The Morgan fingerprint density at radius 2 is 1.63 bits per heavy atom. The van der Waals surface area contributed by atoms with E-state index in [0.717, 1.165) is 48.1 Å². The number of piperidine rings is 3. The molecule has 0 saturated carbocycles. The van der Waals surface area contributed by atoms with E-state index in [1.54, 1.807) is 51.1 Å². The number of fused-ring (bicyclic) bond motifs is 1. The molecule has 0 bridgehead atoms. The lowest BCUT2D eigenvalue weighted by molar-refractivity contribution is -0.120. The third-order valence-electron chi connectivity index (χ3n) is 12.6. The highest BCUT2D eigenvalue weighted by atomic mass is 19.1. The van der Waals surface area contributed by atoms with Gasteiger partial charge in [-0.15, -0.1) is 0 Å². The summed E-state index contributed by atoms with van der Waals surface area (Å²) in [5.74, 6) is -0.628. The molecule has 4 aromatic rings. The van der Waals surface area contributed by atoms with Gasteiger partial charge in [-0.1, -0.05) is 24.3 Å². The zero-order valence-corrected chi connectivity index (χ0v) is 33.6. The van der Waals surface area contributed by atoms with Crippen molar-refractivity contribution < 1.29 is 28.3 Å². The van der Waals surface area contributed by atoms with E-state index in [0.29, 0.717) is 56.0 Å². The minimum Gasteiger partial charge on any atom is -0.507 e. The number of imide groups is 1. The van der Waals surface area contributed by atoms with E-state index >= 15 is 8.78 Å². The molecule has 5 heterocycles. The molecular weight excluding hydrogens is 769 g/mol. The van der Waals surface area contributed by atoms with Crippen LogP contribution in [0.15, 0.2) is 96.6 Å². The smallest absolute Gasteiger partial charge is 0.328 e. The molecule has 4 aliphatic rings. The number of amides is 4. The van der Waals surface area contributed by atoms with Crippen molar-refractivity contribution in [3.63, 3.8) is 0 Å². The van der Waals surface area contributed by atoms with E-state index in [2.05, 4.69) is 27.0 Å². The first-order valence-electron chi connectivity index (χ1n) is 20.8. The first-order valence-corrected chi connectivity index (χ1v) is 20.8. The number of nitrogens with zero attached hydrogens (tertiary/aromatic N) is 5. The molecule has 60 heavy (non-hydrogen) atoms. The van der Waals surface area contributed by atoms with Gasteiger partial charge >= 0.3 is 6.03 Å². The number of benzene rings is 3. The fraction of sp³-hybridized carbons (Fsp3) is 0.400. The second-order valence-corrected chi connectivity index (χ2v) is 16.7. The van der Waals surface area contributed by atoms with Gasteiger partial charge in [0.05, 0.1) is 5.70 Å². The molecule has 1 aromatic heterocycles. The van der Waals surface area contributed by atoms with Crippen LogP contribution in [-0.2, 0) is 4.79 Å². The number of alkyl halides is 2. The number of aromatic hydroxyl groups is 1. The second kappa shape index (κ2) is 16.9. The zero-order chi connectivity index (χ0) is 42.1. The standard InChI is InChI=1S/C45H53F2N9O4/c46-33-23-32(26-54(27-33)39(42(49)50)25-37(48)36-3-1-2-4-40(36)57)29-5-7-30(8-6-29)43(59)53-21-15-45(47,16-22-53)28-52-17-12-34(13-18-52)55-19-11-31-24-35(9-10-38(31)55)56-20-14-41(58)51-44(56)60/h1-11,19,24-25,32-34,57H,12-18,20-23,26-28,48-50H2,(H,51,58,60)/b37-25-. The van der Waals surface area contributed by atoms with Crippen LogP contribution in [0.5, 0.6) is 5.75 Å². The van der Waals surface area contributed by atoms with Crippen molar-refractivity contribution >= 4 is 40.1 Å². The van der Waals surface area contributed by atoms with Crippen molar-refractivity contribution in [1.82, 2.24) is 24.6 Å². The maximum atomic E-state index is 16.3. The molecule has 2 atom stereocenters. The van der Waals surface area contributed by atoms with Crippen LogP contribution in [-0.4, -0.2) is 106 Å². The highest BCUT2D eigenvalue weighted by Crippen LogP contribution is 2.35. The SMILES string of the molecule is NC(N)=C(/C=C(\N)c1ccccc1O)N1CC(F)CC(c2ccc(C(=O)N3CCC(F)(CN4CCC(n5ccc6cc(N7CCC(=O)NC7=O)ccc65)CC4)CC3)cc2)C1. The number of carbonyl (C=O) groups is 3. The first-order chi connectivity index (χ1) is 28.8. The van der Waals surface area contributed by atoms with Crippen LogP contribution in [0.3, 0.4) is 0 Å². The number of halogens is 2. The van der Waals surface area contributed by atoms with E-state index in [4.69, 9.17) is 17.2 Å². The highest BCUT2D eigenvalue weighted by molar-refractivity contribution is 6.06. The molecule has 4 fully saturated rings. The van der Waals surface area contributed by atoms with Gasteiger partial charge in [0.1, 0.15) is 23.4 Å². The number of nitrogens with two attached hydrogens (primary N) is 3. The van der Waals surface area contributed by atoms with Gasteiger partial charge in [-0.05, 0) is 79.4 Å². The summed E-state index contributed by atoms with van der Waals surface area (Å²) in [5.41, 5.74) is 21.3. The predicted molar refractivity (Wildman–Crippen MR) is 227 cm³/mol. The number of para-hydroxylation sites is 1. The Morgan fingerprint density at radius 3 is 2.33 bits per heavy atom. The van der Waals surface area contributed by atoms with Gasteiger partial charge < -0.3 is 41.6 Å². The number of allylic oxidation sites excluding steroid dienone is 1. The third-order valence-corrected chi connectivity index (χ3v) is 12.6. The monoisotopic (exact) mass is 821 g/mol. The summed E-state index contributed by atoms with van der Waals surface area (Å²) in [4.78, 5) is 44.8. The summed E-state index contributed by atoms with van der Waals surface area (Å²) >= 11 is 0.